The molecule has 3 atom stereocenters. The molecule has 0 aromatic carbocycles. The van der Waals surface area contributed by atoms with E-state index in [1.807, 2.05) is 6.92 Å². The lowest BCUT2D eigenvalue weighted by Gasteiger charge is -2.40. The maximum Gasteiger partial charge on any atom is 0.239 e. The van der Waals surface area contributed by atoms with Gasteiger partial charge in [0.15, 0.2) is 0 Å². The van der Waals surface area contributed by atoms with Crippen molar-refractivity contribution in [3.8, 4) is 0 Å². The van der Waals surface area contributed by atoms with Gasteiger partial charge < -0.3 is 15.5 Å². The van der Waals surface area contributed by atoms with Gasteiger partial charge in [-0.1, -0.05) is 19.8 Å². The molecule has 2 fully saturated rings. The van der Waals surface area contributed by atoms with Crippen LogP contribution >= 0.6 is 0 Å². The normalized spacial score (nSPS) is 28.6. The number of nitrogens with zero attached hydrogens (tertiary/aromatic N) is 1. The number of rotatable bonds is 5. The van der Waals surface area contributed by atoms with Crippen LogP contribution in [0.25, 0.3) is 0 Å². The molecule has 2 N–H and O–H groups in total. The summed E-state index contributed by atoms with van der Waals surface area (Å²) in [5.74, 6) is 0.741. The minimum atomic E-state index is -0.103. The molecule has 5 nitrogen and oxygen atoms in total. The molecule has 0 aromatic heterocycles. The zero-order chi connectivity index (χ0) is 15.2. The molecule has 1 aliphatic carbocycles. The van der Waals surface area contributed by atoms with Crippen molar-refractivity contribution in [3.63, 3.8) is 0 Å². The van der Waals surface area contributed by atoms with Crippen LogP contribution < -0.4 is 10.6 Å². The van der Waals surface area contributed by atoms with Crippen LogP contribution in [-0.4, -0.2) is 48.9 Å². The van der Waals surface area contributed by atoms with E-state index in [-0.39, 0.29) is 24.4 Å². The molecule has 1 saturated carbocycles. The van der Waals surface area contributed by atoms with Crippen LogP contribution in [0.1, 0.15) is 51.9 Å². The van der Waals surface area contributed by atoms with Crippen molar-refractivity contribution in [3.05, 3.63) is 0 Å². The Morgan fingerprint density at radius 3 is 2.71 bits per heavy atom. The van der Waals surface area contributed by atoms with Gasteiger partial charge in [-0.15, -0.1) is 0 Å². The summed E-state index contributed by atoms with van der Waals surface area (Å²) in [6, 6.07) is 0.400. The summed E-state index contributed by atoms with van der Waals surface area (Å²) >= 11 is 0. The molecule has 2 aliphatic rings. The molecule has 120 valence electrons. The molecule has 1 saturated heterocycles. The highest BCUT2D eigenvalue weighted by atomic mass is 16.2. The zero-order valence-corrected chi connectivity index (χ0v) is 13.4. The van der Waals surface area contributed by atoms with Crippen LogP contribution in [0.5, 0.6) is 0 Å². The lowest BCUT2D eigenvalue weighted by atomic mass is 9.77. The molecular weight excluding hydrogens is 266 g/mol. The van der Waals surface area contributed by atoms with Crippen LogP contribution in [0.15, 0.2) is 0 Å². The number of hydrogen-bond donors (Lipinski definition) is 2. The molecule has 2 rings (SSSR count). The number of piperidine rings is 1. The summed E-state index contributed by atoms with van der Waals surface area (Å²) in [6.07, 6.45) is 8.05. The fraction of sp³-hybridized carbons (Fsp3) is 0.875. The number of amides is 2. The fourth-order valence-corrected chi connectivity index (χ4v) is 3.57. The summed E-state index contributed by atoms with van der Waals surface area (Å²) in [7, 11) is 1.72. The molecule has 0 bridgehead atoms. The van der Waals surface area contributed by atoms with E-state index in [9.17, 15) is 9.59 Å². The quantitative estimate of drug-likeness (QED) is 0.803. The SMILES string of the molecule is CCCNC(=O)CN(C)C(=O)C1CCC2CCCCC2N1. The Kier molecular flexibility index (Phi) is 6.03. The maximum atomic E-state index is 12.5. The molecule has 21 heavy (non-hydrogen) atoms. The third kappa shape index (κ3) is 4.43. The summed E-state index contributed by atoms with van der Waals surface area (Å²) in [6.45, 7) is 2.85. The number of hydrogen-bond acceptors (Lipinski definition) is 3. The Morgan fingerprint density at radius 2 is 1.95 bits per heavy atom. The Balaban J connectivity index is 1.80. The van der Waals surface area contributed by atoms with Gasteiger partial charge in [0.25, 0.3) is 0 Å². The highest BCUT2D eigenvalue weighted by Gasteiger charge is 2.35. The average molecular weight is 295 g/mol. The van der Waals surface area contributed by atoms with Gasteiger partial charge in [0.05, 0.1) is 12.6 Å². The van der Waals surface area contributed by atoms with Gasteiger partial charge in [0.1, 0.15) is 0 Å². The predicted octanol–water partition coefficient (Wildman–Crippen LogP) is 1.28. The topological polar surface area (TPSA) is 61.4 Å². The summed E-state index contributed by atoms with van der Waals surface area (Å²) in [4.78, 5) is 25.7. The van der Waals surface area contributed by atoms with Gasteiger partial charge in [0.2, 0.25) is 11.8 Å². The molecule has 0 aromatic rings. The third-order valence-corrected chi connectivity index (χ3v) is 4.78. The van der Waals surface area contributed by atoms with Crippen molar-refractivity contribution in [2.75, 3.05) is 20.1 Å². The largest absolute Gasteiger partial charge is 0.355 e. The van der Waals surface area contributed by atoms with Gasteiger partial charge in [-0.25, -0.2) is 0 Å². The van der Waals surface area contributed by atoms with Gasteiger partial charge >= 0.3 is 0 Å². The predicted molar refractivity (Wildman–Crippen MR) is 82.8 cm³/mol. The molecular formula is C16H29N3O2. The lowest BCUT2D eigenvalue weighted by molar-refractivity contribution is -0.137. The minimum absolute atomic E-state index is 0.0608. The second-order valence-electron chi connectivity index (χ2n) is 6.49. The molecule has 0 radical (unpaired) electrons. The molecule has 1 heterocycles. The van der Waals surface area contributed by atoms with Crippen LogP contribution in [0, 0.1) is 5.92 Å². The van der Waals surface area contributed by atoms with Crippen molar-refractivity contribution < 1.29 is 9.59 Å². The van der Waals surface area contributed by atoms with E-state index >= 15 is 0 Å². The third-order valence-electron chi connectivity index (χ3n) is 4.78. The highest BCUT2D eigenvalue weighted by Crippen LogP contribution is 2.32. The second-order valence-corrected chi connectivity index (χ2v) is 6.49. The maximum absolute atomic E-state index is 12.5. The first-order valence-electron chi connectivity index (χ1n) is 8.39. The molecule has 0 spiro atoms. The molecule has 1 aliphatic heterocycles. The first-order valence-corrected chi connectivity index (χ1v) is 8.39. The Bertz CT molecular complexity index is 373. The van der Waals surface area contributed by atoms with Crippen molar-refractivity contribution >= 4 is 11.8 Å². The molecule has 2 amide bonds. The van der Waals surface area contributed by atoms with Crippen molar-refractivity contribution in [2.24, 2.45) is 5.92 Å². The second kappa shape index (κ2) is 7.78. The van der Waals surface area contributed by atoms with Crippen LogP contribution in [0.2, 0.25) is 0 Å². The Labute approximate surface area is 127 Å². The van der Waals surface area contributed by atoms with E-state index in [0.717, 1.165) is 25.2 Å². The van der Waals surface area contributed by atoms with E-state index in [2.05, 4.69) is 10.6 Å². The van der Waals surface area contributed by atoms with Crippen molar-refractivity contribution in [2.45, 2.75) is 64.0 Å². The van der Waals surface area contributed by atoms with E-state index in [1.165, 1.54) is 25.7 Å². The standard InChI is InChI=1S/C16H29N3O2/c1-3-10-17-15(20)11-19(2)16(21)14-9-8-12-6-4-5-7-13(12)18-14/h12-14,18H,3-11H2,1-2H3,(H,17,20). The summed E-state index contributed by atoms with van der Waals surface area (Å²) in [5, 5.41) is 6.34. The van der Waals surface area contributed by atoms with Gasteiger partial charge in [-0.2, -0.15) is 0 Å². The summed E-state index contributed by atoms with van der Waals surface area (Å²) in [5.41, 5.74) is 0. The van der Waals surface area contributed by atoms with E-state index in [0.29, 0.717) is 12.6 Å². The lowest BCUT2D eigenvalue weighted by Crippen LogP contribution is -2.56. The number of fused-ring (bicyclic) bond motifs is 1. The monoisotopic (exact) mass is 295 g/mol. The Hall–Kier alpha value is -1.10. The van der Waals surface area contributed by atoms with Crippen molar-refractivity contribution in [1.29, 1.82) is 0 Å². The smallest absolute Gasteiger partial charge is 0.239 e. The van der Waals surface area contributed by atoms with Gasteiger partial charge in [0, 0.05) is 19.6 Å². The van der Waals surface area contributed by atoms with Gasteiger partial charge in [-0.3, -0.25) is 9.59 Å². The number of likely N-dealkylation sites (N-methyl/N-ethyl adjacent to an activating group) is 1. The minimum Gasteiger partial charge on any atom is -0.355 e. The van der Waals surface area contributed by atoms with Gasteiger partial charge in [-0.05, 0) is 38.0 Å². The fourth-order valence-electron chi connectivity index (χ4n) is 3.57. The number of carbonyl (C=O) groups excluding carboxylic acids is 2. The van der Waals surface area contributed by atoms with Crippen LogP contribution in [-0.2, 0) is 9.59 Å². The summed E-state index contributed by atoms with van der Waals surface area (Å²) < 4.78 is 0. The number of carbonyl (C=O) groups is 2. The van der Waals surface area contributed by atoms with Crippen LogP contribution in [0.4, 0.5) is 0 Å². The first-order chi connectivity index (χ1) is 10.1. The van der Waals surface area contributed by atoms with Crippen molar-refractivity contribution in [1.82, 2.24) is 15.5 Å². The van der Waals surface area contributed by atoms with E-state index < -0.39 is 0 Å². The zero-order valence-electron chi connectivity index (χ0n) is 13.4. The molecule has 5 heteroatoms. The van der Waals surface area contributed by atoms with Crippen LogP contribution in [0.3, 0.4) is 0 Å². The highest BCUT2D eigenvalue weighted by molar-refractivity contribution is 5.87. The Morgan fingerprint density at radius 1 is 1.19 bits per heavy atom. The van der Waals surface area contributed by atoms with E-state index in [4.69, 9.17) is 0 Å². The number of nitrogens with one attached hydrogen (secondary N) is 2. The average Bonchev–Trinajstić information content (AvgIpc) is 2.51. The molecule has 3 unspecified atom stereocenters. The van der Waals surface area contributed by atoms with E-state index in [1.54, 1.807) is 11.9 Å². The first kappa shape index (κ1) is 16.3.